The zero-order chi connectivity index (χ0) is 10.6. The van der Waals surface area contributed by atoms with E-state index in [2.05, 4.69) is 9.97 Å². The van der Waals surface area contributed by atoms with E-state index >= 15 is 0 Å². The topological polar surface area (TPSA) is 71.8 Å². The van der Waals surface area contributed by atoms with Gasteiger partial charge in [0.15, 0.2) is 5.16 Å². The van der Waals surface area contributed by atoms with Crippen LogP contribution in [0.4, 0.5) is 0 Å². The molecule has 0 aromatic carbocycles. The molecule has 1 heterocycles. The summed E-state index contributed by atoms with van der Waals surface area (Å²) in [6, 6.07) is 1.53. The van der Waals surface area contributed by atoms with Gasteiger partial charge in [0.25, 0.3) is 5.56 Å². The molecule has 0 bridgehead atoms. The van der Waals surface area contributed by atoms with Crippen LogP contribution in [0.2, 0.25) is 0 Å². The number of aromatic nitrogens is 2. The summed E-state index contributed by atoms with van der Waals surface area (Å²) < 4.78 is 0. The van der Waals surface area contributed by atoms with Gasteiger partial charge in [0.2, 0.25) is 0 Å². The van der Waals surface area contributed by atoms with Crippen molar-refractivity contribution in [3.63, 3.8) is 0 Å². The summed E-state index contributed by atoms with van der Waals surface area (Å²) in [4.78, 5) is 17.7. The van der Waals surface area contributed by atoms with Gasteiger partial charge in [0.05, 0.1) is 0 Å². The number of hydrogen-bond acceptors (Lipinski definition) is 4. The smallest absolute Gasteiger partial charge is 0.251 e. The number of aromatic amines is 1. The van der Waals surface area contributed by atoms with Crippen LogP contribution in [0.3, 0.4) is 0 Å². The third kappa shape index (κ3) is 3.16. The standard InChI is InChI=1S/C9H15N3OS/c1-3-7(10)6(2)14-9-11-5-4-8(13)12-9/h4-7H,3,10H2,1-2H3,(H,11,12,13). The number of hydrogen-bond donors (Lipinski definition) is 2. The van der Waals surface area contributed by atoms with Crippen molar-refractivity contribution in [3.8, 4) is 0 Å². The molecule has 1 rings (SSSR count). The van der Waals surface area contributed by atoms with Crippen LogP contribution in [0.5, 0.6) is 0 Å². The average molecular weight is 213 g/mol. The summed E-state index contributed by atoms with van der Waals surface area (Å²) in [5.41, 5.74) is 5.74. The van der Waals surface area contributed by atoms with Crippen LogP contribution >= 0.6 is 11.8 Å². The van der Waals surface area contributed by atoms with E-state index in [1.54, 1.807) is 0 Å². The molecule has 5 heteroatoms. The molecule has 14 heavy (non-hydrogen) atoms. The summed E-state index contributed by atoms with van der Waals surface area (Å²) in [6.07, 6.45) is 2.43. The van der Waals surface area contributed by atoms with Crippen molar-refractivity contribution >= 4 is 11.8 Å². The quantitative estimate of drug-likeness (QED) is 0.578. The van der Waals surface area contributed by atoms with E-state index in [9.17, 15) is 4.79 Å². The third-order valence-corrected chi connectivity index (χ3v) is 3.17. The Hall–Kier alpha value is -0.810. The molecule has 2 atom stereocenters. The Morgan fingerprint density at radius 2 is 2.43 bits per heavy atom. The Bertz CT molecular complexity index is 339. The van der Waals surface area contributed by atoms with Crippen LogP contribution in [-0.2, 0) is 0 Å². The van der Waals surface area contributed by atoms with Gasteiger partial charge in [-0.15, -0.1) is 0 Å². The first-order valence-corrected chi connectivity index (χ1v) is 5.49. The SMILES string of the molecule is CCC(N)C(C)Sc1nccc(=O)[nH]1. The number of nitrogens with one attached hydrogen (secondary N) is 1. The van der Waals surface area contributed by atoms with Gasteiger partial charge in [0, 0.05) is 23.6 Å². The van der Waals surface area contributed by atoms with Gasteiger partial charge in [-0.3, -0.25) is 4.79 Å². The zero-order valence-corrected chi connectivity index (χ0v) is 9.17. The van der Waals surface area contributed by atoms with Gasteiger partial charge in [-0.1, -0.05) is 25.6 Å². The molecule has 0 radical (unpaired) electrons. The molecular formula is C9H15N3OS. The molecule has 0 saturated carbocycles. The summed E-state index contributed by atoms with van der Waals surface area (Å²) in [6.45, 7) is 4.08. The molecule has 0 spiro atoms. The predicted octanol–water partition coefficient (Wildman–Crippen LogP) is 0.988. The van der Waals surface area contributed by atoms with Gasteiger partial charge in [-0.25, -0.2) is 4.98 Å². The van der Waals surface area contributed by atoms with Crippen LogP contribution in [0.15, 0.2) is 22.2 Å². The fourth-order valence-corrected chi connectivity index (χ4v) is 2.01. The maximum absolute atomic E-state index is 11.0. The minimum Gasteiger partial charge on any atom is -0.327 e. The molecule has 0 amide bonds. The summed E-state index contributed by atoms with van der Waals surface area (Å²) >= 11 is 1.50. The molecule has 4 nitrogen and oxygen atoms in total. The van der Waals surface area contributed by atoms with E-state index in [-0.39, 0.29) is 16.9 Å². The van der Waals surface area contributed by atoms with Crippen LogP contribution in [-0.4, -0.2) is 21.3 Å². The first kappa shape index (κ1) is 11.3. The van der Waals surface area contributed by atoms with Crippen molar-refractivity contribution in [2.45, 2.75) is 36.7 Å². The molecule has 0 aliphatic heterocycles. The molecule has 0 saturated heterocycles. The summed E-state index contributed by atoms with van der Waals surface area (Å²) in [5.74, 6) is 0. The largest absolute Gasteiger partial charge is 0.327 e. The Morgan fingerprint density at radius 3 is 3.00 bits per heavy atom. The van der Waals surface area contributed by atoms with Crippen molar-refractivity contribution in [3.05, 3.63) is 22.6 Å². The number of H-pyrrole nitrogens is 1. The highest BCUT2D eigenvalue weighted by Crippen LogP contribution is 2.20. The van der Waals surface area contributed by atoms with Crippen LogP contribution in [0.1, 0.15) is 20.3 Å². The molecule has 0 aliphatic rings. The highest BCUT2D eigenvalue weighted by molar-refractivity contribution is 7.99. The lowest BCUT2D eigenvalue weighted by atomic mass is 10.2. The van der Waals surface area contributed by atoms with E-state index in [0.717, 1.165) is 6.42 Å². The van der Waals surface area contributed by atoms with Crippen LogP contribution in [0, 0.1) is 0 Å². The highest BCUT2D eigenvalue weighted by Gasteiger charge is 2.12. The molecule has 1 aromatic rings. The van der Waals surface area contributed by atoms with Gasteiger partial charge < -0.3 is 10.7 Å². The van der Waals surface area contributed by atoms with Crippen molar-refractivity contribution in [1.29, 1.82) is 0 Å². The molecular weight excluding hydrogens is 198 g/mol. The van der Waals surface area contributed by atoms with Crippen molar-refractivity contribution < 1.29 is 0 Å². The van der Waals surface area contributed by atoms with E-state index in [1.165, 1.54) is 24.0 Å². The van der Waals surface area contributed by atoms with Gasteiger partial charge in [-0.05, 0) is 6.42 Å². The Morgan fingerprint density at radius 1 is 1.71 bits per heavy atom. The Kier molecular flexibility index (Phi) is 4.16. The van der Waals surface area contributed by atoms with E-state index in [4.69, 9.17) is 5.73 Å². The fraction of sp³-hybridized carbons (Fsp3) is 0.556. The summed E-state index contributed by atoms with van der Waals surface area (Å²) in [7, 11) is 0. The van der Waals surface area contributed by atoms with E-state index in [0.29, 0.717) is 5.16 Å². The second-order valence-electron chi connectivity index (χ2n) is 3.13. The molecule has 2 unspecified atom stereocenters. The number of thioether (sulfide) groups is 1. The first-order chi connectivity index (χ1) is 6.63. The fourth-order valence-electron chi connectivity index (χ4n) is 1.01. The third-order valence-electron chi connectivity index (χ3n) is 2.02. The average Bonchev–Trinajstić information content (AvgIpc) is 2.16. The molecule has 0 fully saturated rings. The van der Waals surface area contributed by atoms with Crippen LogP contribution in [0.25, 0.3) is 0 Å². The highest BCUT2D eigenvalue weighted by atomic mass is 32.2. The van der Waals surface area contributed by atoms with Crippen molar-refractivity contribution in [2.24, 2.45) is 5.73 Å². The lowest BCUT2D eigenvalue weighted by Gasteiger charge is -2.16. The van der Waals surface area contributed by atoms with Crippen molar-refractivity contribution in [1.82, 2.24) is 9.97 Å². The molecule has 1 aromatic heterocycles. The van der Waals surface area contributed by atoms with E-state index in [1.807, 2.05) is 13.8 Å². The minimum absolute atomic E-state index is 0.125. The maximum Gasteiger partial charge on any atom is 0.251 e. The second kappa shape index (κ2) is 5.17. The molecule has 3 N–H and O–H groups in total. The number of nitrogens with zero attached hydrogens (tertiary/aromatic N) is 1. The minimum atomic E-state index is -0.125. The normalized spacial score (nSPS) is 15.1. The van der Waals surface area contributed by atoms with Crippen molar-refractivity contribution in [2.75, 3.05) is 0 Å². The molecule has 78 valence electrons. The Balaban J connectivity index is 2.64. The van der Waals surface area contributed by atoms with Gasteiger partial charge in [0.1, 0.15) is 0 Å². The number of rotatable bonds is 4. The predicted molar refractivity (Wildman–Crippen MR) is 58.4 cm³/mol. The lowest BCUT2D eigenvalue weighted by Crippen LogP contribution is -2.29. The lowest BCUT2D eigenvalue weighted by molar-refractivity contribution is 0.640. The second-order valence-corrected chi connectivity index (χ2v) is 4.50. The monoisotopic (exact) mass is 213 g/mol. The summed E-state index contributed by atoms with van der Waals surface area (Å²) in [5, 5.41) is 0.888. The van der Waals surface area contributed by atoms with Crippen LogP contribution < -0.4 is 11.3 Å². The van der Waals surface area contributed by atoms with Gasteiger partial charge in [-0.2, -0.15) is 0 Å². The van der Waals surface area contributed by atoms with E-state index < -0.39 is 0 Å². The van der Waals surface area contributed by atoms with Gasteiger partial charge >= 0.3 is 0 Å². The maximum atomic E-state index is 11.0. The first-order valence-electron chi connectivity index (χ1n) is 4.61. The zero-order valence-electron chi connectivity index (χ0n) is 8.36. The molecule has 0 aliphatic carbocycles. The Labute approximate surface area is 87.3 Å². The number of nitrogens with two attached hydrogens (primary N) is 1.